The first-order valence-corrected chi connectivity index (χ1v) is 8.80. The highest BCUT2D eigenvalue weighted by Gasteiger charge is 2.33. The molecule has 26 heavy (non-hydrogen) atoms. The molecule has 142 valence electrons. The second kappa shape index (κ2) is 8.25. The highest BCUT2D eigenvalue weighted by molar-refractivity contribution is 5.93. The molecule has 1 saturated heterocycles. The summed E-state index contributed by atoms with van der Waals surface area (Å²) in [7, 11) is 0. The third-order valence-corrected chi connectivity index (χ3v) is 3.80. The highest BCUT2D eigenvalue weighted by atomic mass is 16.6. The third-order valence-electron chi connectivity index (χ3n) is 3.80. The summed E-state index contributed by atoms with van der Waals surface area (Å²) in [6.45, 7) is 12.5. The summed E-state index contributed by atoms with van der Waals surface area (Å²) in [5.41, 5.74) is 1.05. The fourth-order valence-corrected chi connectivity index (χ4v) is 2.58. The van der Waals surface area contributed by atoms with Crippen LogP contribution in [0.15, 0.2) is 36.4 Å². The molecule has 1 N–H and O–H groups in total. The van der Waals surface area contributed by atoms with Crippen molar-refractivity contribution in [3.05, 3.63) is 36.4 Å². The van der Waals surface area contributed by atoms with Crippen LogP contribution in [-0.2, 0) is 9.53 Å². The van der Waals surface area contributed by atoms with E-state index < -0.39 is 5.60 Å². The van der Waals surface area contributed by atoms with Crippen molar-refractivity contribution in [2.75, 3.05) is 25.0 Å². The lowest BCUT2D eigenvalue weighted by atomic mass is 10.1. The number of ether oxygens (including phenoxy) is 2. The smallest absolute Gasteiger partial charge is 0.410 e. The highest BCUT2D eigenvalue weighted by Crippen LogP contribution is 2.23. The molecule has 0 radical (unpaired) electrons. The van der Waals surface area contributed by atoms with E-state index in [-0.39, 0.29) is 17.9 Å². The number of nitrogens with zero attached hydrogens (tertiary/aromatic N) is 1. The van der Waals surface area contributed by atoms with Crippen LogP contribution in [0.5, 0.6) is 5.75 Å². The zero-order valence-electron chi connectivity index (χ0n) is 16.0. The molecule has 1 aliphatic heterocycles. The maximum absolute atomic E-state index is 12.5. The summed E-state index contributed by atoms with van der Waals surface area (Å²) in [5.74, 6) is 0.322. The van der Waals surface area contributed by atoms with Crippen molar-refractivity contribution < 1.29 is 19.1 Å². The Morgan fingerprint density at radius 1 is 1.35 bits per heavy atom. The van der Waals surface area contributed by atoms with Crippen molar-refractivity contribution in [2.24, 2.45) is 5.92 Å². The summed E-state index contributed by atoms with van der Waals surface area (Å²) in [6, 6.07) is 7.25. The summed E-state index contributed by atoms with van der Waals surface area (Å²) < 4.78 is 11.0. The van der Waals surface area contributed by atoms with Crippen LogP contribution in [0.25, 0.3) is 0 Å². The number of carbonyl (C=O) groups is 2. The average Bonchev–Trinajstić information content (AvgIpc) is 3.02. The van der Waals surface area contributed by atoms with Gasteiger partial charge < -0.3 is 19.7 Å². The molecule has 2 amide bonds. The Hall–Kier alpha value is -2.50. The fourth-order valence-electron chi connectivity index (χ4n) is 2.58. The van der Waals surface area contributed by atoms with Crippen LogP contribution in [0, 0.1) is 5.92 Å². The Bertz CT molecular complexity index is 679. The van der Waals surface area contributed by atoms with E-state index in [2.05, 4.69) is 11.9 Å². The number of rotatable bonds is 5. The van der Waals surface area contributed by atoms with E-state index in [1.165, 1.54) is 0 Å². The number of likely N-dealkylation sites (tertiary alicyclic amines) is 1. The number of benzene rings is 1. The quantitative estimate of drug-likeness (QED) is 0.810. The van der Waals surface area contributed by atoms with Gasteiger partial charge in [-0.25, -0.2) is 4.79 Å². The normalized spacial score (nSPS) is 16.9. The van der Waals surface area contributed by atoms with Gasteiger partial charge in [-0.05, 0) is 51.8 Å². The number of hydrogen-bond acceptors (Lipinski definition) is 4. The average molecular weight is 360 g/mol. The molecule has 0 bridgehead atoms. The molecule has 0 aliphatic carbocycles. The van der Waals surface area contributed by atoms with Crippen LogP contribution < -0.4 is 10.1 Å². The summed E-state index contributed by atoms with van der Waals surface area (Å²) >= 11 is 0. The molecule has 1 aromatic carbocycles. The number of anilines is 1. The number of nitrogens with one attached hydrogen (secondary N) is 1. The molecule has 1 heterocycles. The second-order valence-corrected chi connectivity index (χ2v) is 7.67. The zero-order chi connectivity index (χ0) is 19.3. The first-order valence-electron chi connectivity index (χ1n) is 8.80. The summed E-state index contributed by atoms with van der Waals surface area (Å²) in [4.78, 5) is 26.2. The molecule has 1 aromatic rings. The van der Waals surface area contributed by atoms with E-state index in [9.17, 15) is 9.59 Å². The standard InChI is InChI=1S/C20H28N2O4/c1-14(2)13-25-17-8-6-7-16(11-17)21-18(23)15-9-10-22(12-15)19(24)26-20(3,4)5/h6-8,11,15H,1,9-10,12-13H2,2-5H3,(H,21,23). The summed E-state index contributed by atoms with van der Waals surface area (Å²) in [5, 5.41) is 2.90. The second-order valence-electron chi connectivity index (χ2n) is 7.67. The summed E-state index contributed by atoms with van der Waals surface area (Å²) in [6.07, 6.45) is 0.250. The number of hydrogen-bond donors (Lipinski definition) is 1. The van der Waals surface area contributed by atoms with Crippen LogP contribution >= 0.6 is 0 Å². The van der Waals surface area contributed by atoms with Gasteiger partial charge in [0, 0.05) is 24.8 Å². The minimum Gasteiger partial charge on any atom is -0.489 e. The molecular formula is C20H28N2O4. The molecule has 1 aliphatic rings. The lowest BCUT2D eigenvalue weighted by molar-refractivity contribution is -0.119. The van der Waals surface area contributed by atoms with Gasteiger partial charge in [-0.3, -0.25) is 4.79 Å². The minimum atomic E-state index is -0.540. The van der Waals surface area contributed by atoms with Gasteiger partial charge in [0.2, 0.25) is 5.91 Å². The van der Waals surface area contributed by atoms with Gasteiger partial charge in [-0.2, -0.15) is 0 Å². The maximum atomic E-state index is 12.5. The molecule has 6 heteroatoms. The van der Waals surface area contributed by atoms with Gasteiger partial charge in [0.05, 0.1) is 5.92 Å². The van der Waals surface area contributed by atoms with Crippen LogP contribution in [0.2, 0.25) is 0 Å². The van der Waals surface area contributed by atoms with Crippen molar-refractivity contribution in [1.82, 2.24) is 4.90 Å². The van der Waals surface area contributed by atoms with Crippen LogP contribution in [0.4, 0.5) is 10.5 Å². The molecular weight excluding hydrogens is 332 g/mol. The predicted molar refractivity (Wildman–Crippen MR) is 101 cm³/mol. The largest absolute Gasteiger partial charge is 0.489 e. The monoisotopic (exact) mass is 360 g/mol. The van der Waals surface area contributed by atoms with E-state index in [0.29, 0.717) is 37.6 Å². The minimum absolute atomic E-state index is 0.104. The molecule has 0 saturated carbocycles. The Morgan fingerprint density at radius 2 is 2.08 bits per heavy atom. The van der Waals surface area contributed by atoms with Gasteiger partial charge in [-0.15, -0.1) is 0 Å². The fraction of sp³-hybridized carbons (Fsp3) is 0.500. The zero-order valence-corrected chi connectivity index (χ0v) is 16.0. The number of carbonyl (C=O) groups excluding carboxylic acids is 2. The van der Waals surface area contributed by atoms with Crippen molar-refractivity contribution in [1.29, 1.82) is 0 Å². The van der Waals surface area contributed by atoms with E-state index in [1.54, 1.807) is 11.0 Å². The van der Waals surface area contributed by atoms with Gasteiger partial charge >= 0.3 is 6.09 Å². The molecule has 0 aromatic heterocycles. The van der Waals surface area contributed by atoms with Crippen molar-refractivity contribution in [3.8, 4) is 5.75 Å². The Kier molecular flexibility index (Phi) is 6.29. The first-order chi connectivity index (χ1) is 12.1. The third kappa shape index (κ3) is 6.10. The SMILES string of the molecule is C=C(C)COc1cccc(NC(=O)C2CCN(C(=O)OC(C)(C)C)C2)c1. The van der Waals surface area contributed by atoms with Gasteiger partial charge in [0.25, 0.3) is 0 Å². The Morgan fingerprint density at radius 3 is 2.73 bits per heavy atom. The van der Waals surface area contributed by atoms with Crippen molar-refractivity contribution in [3.63, 3.8) is 0 Å². The maximum Gasteiger partial charge on any atom is 0.410 e. The van der Waals surface area contributed by atoms with Crippen LogP contribution in [0.3, 0.4) is 0 Å². The molecule has 1 unspecified atom stereocenters. The molecule has 2 rings (SSSR count). The first kappa shape index (κ1) is 19.8. The van der Waals surface area contributed by atoms with Crippen LogP contribution in [-0.4, -0.2) is 42.2 Å². The van der Waals surface area contributed by atoms with Crippen LogP contribution in [0.1, 0.15) is 34.1 Å². The Balaban J connectivity index is 1.89. The van der Waals surface area contributed by atoms with E-state index >= 15 is 0 Å². The molecule has 6 nitrogen and oxygen atoms in total. The lowest BCUT2D eigenvalue weighted by Gasteiger charge is -2.24. The number of amides is 2. The van der Waals surface area contributed by atoms with Gasteiger partial charge in [-0.1, -0.05) is 12.6 Å². The van der Waals surface area contributed by atoms with Crippen molar-refractivity contribution >= 4 is 17.7 Å². The van der Waals surface area contributed by atoms with Crippen molar-refractivity contribution in [2.45, 2.75) is 39.7 Å². The lowest BCUT2D eigenvalue weighted by Crippen LogP contribution is -2.36. The Labute approximate surface area is 155 Å². The predicted octanol–water partition coefficient (Wildman–Crippen LogP) is 3.84. The molecule has 0 spiro atoms. The molecule has 1 atom stereocenters. The van der Waals surface area contributed by atoms with Gasteiger partial charge in [0.1, 0.15) is 18.0 Å². The van der Waals surface area contributed by atoms with E-state index in [4.69, 9.17) is 9.47 Å². The van der Waals surface area contributed by atoms with Gasteiger partial charge in [0.15, 0.2) is 0 Å². The molecule has 1 fully saturated rings. The van der Waals surface area contributed by atoms with E-state index in [0.717, 1.165) is 5.57 Å². The van der Waals surface area contributed by atoms with E-state index in [1.807, 2.05) is 45.9 Å². The topological polar surface area (TPSA) is 67.9 Å².